The van der Waals surface area contributed by atoms with Gasteiger partial charge in [-0.25, -0.2) is 8.42 Å². The fourth-order valence-corrected chi connectivity index (χ4v) is 5.66. The van der Waals surface area contributed by atoms with Crippen molar-refractivity contribution in [2.45, 2.75) is 43.4 Å². The SMILES string of the molecule is O=C(c1noc2c1CCCC2)N1CC2CC1CS2(=O)=O. The number of likely N-dealkylation sites (tertiary alicyclic amines) is 1. The highest BCUT2D eigenvalue weighted by atomic mass is 32.2. The van der Waals surface area contributed by atoms with Gasteiger partial charge in [-0.3, -0.25) is 4.79 Å². The molecule has 3 aliphatic rings. The van der Waals surface area contributed by atoms with Crippen molar-refractivity contribution in [1.82, 2.24) is 10.1 Å². The molecule has 1 aromatic heterocycles. The highest BCUT2D eigenvalue weighted by molar-refractivity contribution is 7.92. The van der Waals surface area contributed by atoms with Gasteiger partial charge in [0.25, 0.3) is 5.91 Å². The molecule has 0 aromatic carbocycles. The second-order valence-electron chi connectivity index (χ2n) is 5.94. The van der Waals surface area contributed by atoms with E-state index in [0.29, 0.717) is 18.7 Å². The van der Waals surface area contributed by atoms with Crippen molar-refractivity contribution < 1.29 is 17.7 Å². The molecule has 0 saturated carbocycles. The molecule has 1 aliphatic carbocycles. The topological polar surface area (TPSA) is 80.5 Å². The van der Waals surface area contributed by atoms with Gasteiger partial charge in [0.15, 0.2) is 15.5 Å². The molecule has 0 N–H and O–H groups in total. The van der Waals surface area contributed by atoms with Crippen LogP contribution in [-0.4, -0.2) is 48.0 Å². The van der Waals surface area contributed by atoms with Crippen molar-refractivity contribution in [2.24, 2.45) is 0 Å². The van der Waals surface area contributed by atoms with Crippen molar-refractivity contribution in [3.05, 3.63) is 17.0 Å². The van der Waals surface area contributed by atoms with Crippen LogP contribution in [0.15, 0.2) is 4.52 Å². The van der Waals surface area contributed by atoms with E-state index in [-0.39, 0.29) is 23.0 Å². The Kier molecular flexibility index (Phi) is 2.52. The number of hydrogen-bond acceptors (Lipinski definition) is 5. The van der Waals surface area contributed by atoms with Crippen LogP contribution in [0.3, 0.4) is 0 Å². The minimum Gasteiger partial charge on any atom is -0.360 e. The van der Waals surface area contributed by atoms with Crippen LogP contribution in [-0.2, 0) is 22.7 Å². The van der Waals surface area contributed by atoms with Crippen LogP contribution in [0.4, 0.5) is 0 Å². The maximum absolute atomic E-state index is 12.6. The quantitative estimate of drug-likeness (QED) is 0.756. The second-order valence-corrected chi connectivity index (χ2v) is 8.26. The molecule has 20 heavy (non-hydrogen) atoms. The zero-order valence-corrected chi connectivity index (χ0v) is 11.9. The monoisotopic (exact) mass is 296 g/mol. The first-order valence-electron chi connectivity index (χ1n) is 7.06. The van der Waals surface area contributed by atoms with Gasteiger partial charge in [0.05, 0.1) is 11.0 Å². The first-order chi connectivity index (χ1) is 9.56. The number of carbonyl (C=O) groups is 1. The van der Waals surface area contributed by atoms with E-state index in [0.717, 1.165) is 37.0 Å². The lowest BCUT2D eigenvalue weighted by atomic mass is 9.96. The number of carbonyl (C=O) groups excluding carboxylic acids is 1. The first-order valence-corrected chi connectivity index (χ1v) is 8.78. The number of amides is 1. The average Bonchev–Trinajstić information content (AvgIpc) is 3.07. The molecule has 0 radical (unpaired) electrons. The third-order valence-electron chi connectivity index (χ3n) is 4.72. The van der Waals surface area contributed by atoms with Crippen molar-refractivity contribution >= 4 is 15.7 Å². The van der Waals surface area contributed by atoms with Crippen LogP contribution in [0.2, 0.25) is 0 Å². The third kappa shape index (κ3) is 1.65. The molecule has 2 fully saturated rings. The van der Waals surface area contributed by atoms with Crippen molar-refractivity contribution in [2.75, 3.05) is 12.3 Å². The Morgan fingerprint density at radius 1 is 1.30 bits per heavy atom. The maximum Gasteiger partial charge on any atom is 0.276 e. The zero-order chi connectivity index (χ0) is 13.9. The lowest BCUT2D eigenvalue weighted by molar-refractivity contribution is 0.0734. The summed E-state index contributed by atoms with van der Waals surface area (Å²) in [6, 6.07) is -0.173. The van der Waals surface area contributed by atoms with E-state index in [1.807, 2.05) is 0 Å². The molecule has 108 valence electrons. The Morgan fingerprint density at radius 3 is 2.80 bits per heavy atom. The molecule has 1 amide bonds. The van der Waals surface area contributed by atoms with Gasteiger partial charge in [-0.2, -0.15) is 0 Å². The molecule has 4 rings (SSSR count). The molecule has 2 saturated heterocycles. The minimum absolute atomic E-state index is 0.101. The molecule has 2 aliphatic heterocycles. The lowest BCUT2D eigenvalue weighted by Crippen LogP contribution is -2.44. The fraction of sp³-hybridized carbons (Fsp3) is 0.692. The summed E-state index contributed by atoms with van der Waals surface area (Å²) in [7, 11) is -2.98. The molecule has 0 spiro atoms. The van der Waals surface area contributed by atoms with E-state index >= 15 is 0 Å². The zero-order valence-electron chi connectivity index (χ0n) is 11.0. The summed E-state index contributed by atoms with van der Waals surface area (Å²) in [6.45, 7) is 0.313. The Morgan fingerprint density at radius 2 is 2.10 bits per heavy atom. The number of nitrogens with zero attached hydrogens (tertiary/aromatic N) is 2. The molecule has 2 bridgehead atoms. The Hall–Kier alpha value is -1.37. The number of sulfone groups is 1. The molecular weight excluding hydrogens is 280 g/mol. The number of rotatable bonds is 1. The first kappa shape index (κ1) is 12.4. The van der Waals surface area contributed by atoms with Gasteiger partial charge in [-0.15, -0.1) is 0 Å². The summed E-state index contributed by atoms with van der Waals surface area (Å²) >= 11 is 0. The van der Waals surface area contributed by atoms with Gasteiger partial charge in [0.2, 0.25) is 0 Å². The summed E-state index contributed by atoms with van der Waals surface area (Å²) in [6.07, 6.45) is 4.38. The van der Waals surface area contributed by atoms with Gasteiger partial charge in [-0.05, 0) is 25.7 Å². The Balaban J connectivity index is 1.62. The molecule has 2 atom stereocenters. The highest BCUT2D eigenvalue weighted by Crippen LogP contribution is 2.35. The largest absolute Gasteiger partial charge is 0.360 e. The maximum atomic E-state index is 12.6. The van der Waals surface area contributed by atoms with Crippen LogP contribution in [0, 0.1) is 0 Å². The second kappa shape index (κ2) is 4.07. The number of hydrogen-bond donors (Lipinski definition) is 0. The smallest absolute Gasteiger partial charge is 0.276 e. The van der Waals surface area contributed by atoms with E-state index in [1.165, 1.54) is 0 Å². The summed E-state index contributed by atoms with van der Waals surface area (Å²) in [5.74, 6) is 0.777. The predicted octanol–water partition coefficient (Wildman–Crippen LogP) is 0.565. The van der Waals surface area contributed by atoms with Crippen molar-refractivity contribution in [1.29, 1.82) is 0 Å². The fourth-order valence-electron chi connectivity index (χ4n) is 3.63. The molecular formula is C13H16N2O4S. The number of aromatic nitrogens is 1. The van der Waals surface area contributed by atoms with Crippen molar-refractivity contribution in [3.8, 4) is 0 Å². The third-order valence-corrected chi connectivity index (χ3v) is 6.93. The Bertz CT molecular complexity index is 679. The average molecular weight is 296 g/mol. The standard InChI is InChI=1S/C13H16N2O4S/c16-13(12-10-3-1-2-4-11(10)19-14-12)15-6-9-5-8(15)7-20(9,17)18/h8-9H,1-7H2. The van der Waals surface area contributed by atoms with Crippen LogP contribution in [0.1, 0.15) is 41.1 Å². The molecule has 3 heterocycles. The van der Waals surface area contributed by atoms with Crippen LogP contribution in [0.25, 0.3) is 0 Å². The van der Waals surface area contributed by atoms with E-state index in [1.54, 1.807) is 4.90 Å². The molecule has 7 heteroatoms. The normalized spacial score (nSPS) is 30.5. The van der Waals surface area contributed by atoms with Crippen LogP contribution >= 0.6 is 0 Å². The van der Waals surface area contributed by atoms with Gasteiger partial charge in [-0.1, -0.05) is 5.16 Å². The molecule has 6 nitrogen and oxygen atoms in total. The predicted molar refractivity (Wildman–Crippen MR) is 70.2 cm³/mol. The van der Waals surface area contributed by atoms with Crippen LogP contribution in [0.5, 0.6) is 0 Å². The van der Waals surface area contributed by atoms with Crippen LogP contribution < -0.4 is 0 Å². The highest BCUT2D eigenvalue weighted by Gasteiger charge is 2.50. The molecule has 2 unspecified atom stereocenters. The summed E-state index contributed by atoms with van der Waals surface area (Å²) in [4.78, 5) is 14.3. The van der Waals surface area contributed by atoms with Gasteiger partial charge in [0.1, 0.15) is 5.76 Å². The van der Waals surface area contributed by atoms with Gasteiger partial charge < -0.3 is 9.42 Å². The number of aryl methyl sites for hydroxylation is 1. The van der Waals surface area contributed by atoms with E-state index in [4.69, 9.17) is 4.52 Å². The van der Waals surface area contributed by atoms with Gasteiger partial charge >= 0.3 is 0 Å². The molecule has 1 aromatic rings. The summed E-state index contributed by atoms with van der Waals surface area (Å²) in [5, 5.41) is 3.57. The van der Waals surface area contributed by atoms with E-state index in [2.05, 4.69) is 5.16 Å². The number of fused-ring (bicyclic) bond motifs is 3. The van der Waals surface area contributed by atoms with E-state index < -0.39 is 9.84 Å². The minimum atomic E-state index is -2.98. The Labute approximate surface area is 117 Å². The van der Waals surface area contributed by atoms with Crippen molar-refractivity contribution in [3.63, 3.8) is 0 Å². The van der Waals surface area contributed by atoms with E-state index in [9.17, 15) is 13.2 Å². The van der Waals surface area contributed by atoms with Gasteiger partial charge in [0, 0.05) is 24.6 Å². The summed E-state index contributed by atoms with van der Waals surface area (Å²) < 4.78 is 28.8. The summed E-state index contributed by atoms with van der Waals surface area (Å²) in [5.41, 5.74) is 1.34. The lowest BCUT2D eigenvalue weighted by Gasteiger charge is -2.26.